The van der Waals surface area contributed by atoms with E-state index in [1.54, 1.807) is 24.3 Å². The van der Waals surface area contributed by atoms with Gasteiger partial charge < -0.3 is 20.3 Å². The number of hydrogen-bond donors (Lipinski definition) is 3. The molecule has 4 rings (SSSR count). The van der Waals surface area contributed by atoms with E-state index in [4.69, 9.17) is 15.2 Å². The predicted octanol–water partition coefficient (Wildman–Crippen LogP) is 4.36. The molecule has 0 radical (unpaired) electrons. The lowest BCUT2D eigenvalue weighted by Gasteiger charge is -2.28. The third kappa shape index (κ3) is 8.30. The van der Waals surface area contributed by atoms with Gasteiger partial charge in [-0.2, -0.15) is 0 Å². The number of aliphatic hydroxyl groups is 1. The number of ether oxygens (including phenoxy) is 2. The van der Waals surface area contributed by atoms with Crippen LogP contribution in [0.5, 0.6) is 5.75 Å². The van der Waals surface area contributed by atoms with Crippen LogP contribution in [0.15, 0.2) is 66.7 Å². The summed E-state index contributed by atoms with van der Waals surface area (Å²) in [6, 6.07) is 17.8. The fraction of sp³-hybridized carbons (Fsp3) is 0.333. The van der Waals surface area contributed by atoms with E-state index >= 15 is 0 Å². The molecule has 0 heterocycles. The quantitative estimate of drug-likeness (QED) is 0.197. The van der Waals surface area contributed by atoms with Gasteiger partial charge in [-0.15, -0.1) is 0 Å². The molecule has 4 N–H and O–H groups in total. The van der Waals surface area contributed by atoms with Crippen molar-refractivity contribution in [1.29, 1.82) is 0 Å². The van der Waals surface area contributed by atoms with E-state index in [0.717, 1.165) is 48.6 Å². The fourth-order valence-electron chi connectivity index (χ4n) is 5.21. The third-order valence-electron chi connectivity index (χ3n) is 7.41. The second kappa shape index (κ2) is 13.2. The number of hydrogen-bond acceptors (Lipinski definition) is 9. The number of primary amides is 1. The van der Waals surface area contributed by atoms with Crippen LogP contribution >= 0.6 is 0 Å². The predicted molar refractivity (Wildman–Crippen MR) is 158 cm³/mol. The Morgan fingerprint density at radius 1 is 1.05 bits per heavy atom. The molecule has 0 saturated heterocycles. The minimum absolute atomic E-state index is 0.0123. The smallest absolute Gasteiger partial charge is 0.404 e. The maximum absolute atomic E-state index is 12.7. The molecule has 0 spiro atoms. The number of nitrogens with zero attached hydrogens (tertiary/aromatic N) is 1. The van der Waals surface area contributed by atoms with Crippen LogP contribution in [0.4, 0.5) is 10.5 Å². The maximum atomic E-state index is 12.7. The summed E-state index contributed by atoms with van der Waals surface area (Å²) in [6.07, 6.45) is 3.80. The summed E-state index contributed by atoms with van der Waals surface area (Å²) < 4.78 is 36.1. The van der Waals surface area contributed by atoms with Gasteiger partial charge in [0, 0.05) is 24.1 Å². The number of benzene rings is 3. The summed E-state index contributed by atoms with van der Waals surface area (Å²) in [7, 11) is -3.70. The van der Waals surface area contributed by atoms with Crippen LogP contribution in [-0.2, 0) is 20.4 Å². The van der Waals surface area contributed by atoms with Crippen LogP contribution < -0.4 is 15.2 Å². The van der Waals surface area contributed by atoms with Crippen LogP contribution in [0.2, 0.25) is 0 Å². The average molecular weight is 612 g/mol. The average Bonchev–Trinajstić information content (AvgIpc) is 3.50. The summed E-state index contributed by atoms with van der Waals surface area (Å²) in [5.41, 5.74) is 6.41. The van der Waals surface area contributed by atoms with Crippen molar-refractivity contribution in [3.05, 3.63) is 93.5 Å². The molecular weight excluding hydrogens is 578 g/mol. The van der Waals surface area contributed by atoms with Crippen LogP contribution in [0.1, 0.15) is 59.5 Å². The first-order valence-corrected chi connectivity index (χ1v) is 15.5. The second-order valence-corrected chi connectivity index (χ2v) is 12.3. The van der Waals surface area contributed by atoms with Crippen molar-refractivity contribution in [2.75, 3.05) is 19.5 Å². The Bertz CT molecular complexity index is 1590. The molecule has 1 aliphatic carbocycles. The van der Waals surface area contributed by atoms with E-state index in [9.17, 15) is 33.2 Å². The van der Waals surface area contributed by atoms with Crippen LogP contribution in [-0.4, -0.2) is 49.9 Å². The third-order valence-corrected chi connectivity index (χ3v) is 7.97. The SMILES string of the molecule is CS(=O)(=O)NC(=O)c1ccc(-c2ccc(OCC[C@](O)(COC(N)=O)c3ccc([N+](=O)[O-])cc3)cc2)cc1C1CCCC1. The number of rotatable bonds is 12. The molecule has 1 aliphatic rings. The number of amides is 2. The second-order valence-electron chi connectivity index (χ2n) is 10.6. The summed E-state index contributed by atoms with van der Waals surface area (Å²) in [6.45, 7) is -0.450. The zero-order chi connectivity index (χ0) is 31.2. The molecule has 0 aliphatic heterocycles. The van der Waals surface area contributed by atoms with Crippen molar-refractivity contribution in [2.45, 2.75) is 43.6 Å². The summed E-state index contributed by atoms with van der Waals surface area (Å²) in [5, 5.41) is 22.2. The highest BCUT2D eigenvalue weighted by atomic mass is 32.2. The Morgan fingerprint density at radius 2 is 1.67 bits per heavy atom. The molecule has 228 valence electrons. The van der Waals surface area contributed by atoms with Crippen molar-refractivity contribution >= 4 is 27.7 Å². The molecule has 3 aromatic carbocycles. The van der Waals surface area contributed by atoms with Gasteiger partial charge >= 0.3 is 6.09 Å². The first-order valence-electron chi connectivity index (χ1n) is 13.6. The Kier molecular flexibility index (Phi) is 9.66. The molecule has 12 nitrogen and oxygen atoms in total. The van der Waals surface area contributed by atoms with Crippen molar-refractivity contribution in [1.82, 2.24) is 4.72 Å². The molecule has 1 saturated carbocycles. The number of nitrogens with one attached hydrogen (secondary N) is 1. The van der Waals surface area contributed by atoms with Gasteiger partial charge in [0.05, 0.1) is 17.8 Å². The molecule has 1 fully saturated rings. The topological polar surface area (TPSA) is 188 Å². The van der Waals surface area contributed by atoms with Gasteiger partial charge in [0.25, 0.3) is 11.6 Å². The standard InChI is InChI=1S/C30H33N3O9S/c1-43(39,40)32-28(34)26-15-8-22(18-27(26)21-4-2-3-5-21)20-6-13-25(14-7-20)41-17-16-30(36,19-42-29(31)35)23-9-11-24(12-10-23)33(37)38/h6-15,18,21,36H,2-5,16-17,19H2,1H3,(H2,31,35)(H,32,34)/t30-/m0/s1. The summed E-state index contributed by atoms with van der Waals surface area (Å²) in [4.78, 5) is 34.3. The van der Waals surface area contributed by atoms with Gasteiger partial charge in [0.2, 0.25) is 10.0 Å². The number of sulfonamides is 1. The zero-order valence-corrected chi connectivity index (χ0v) is 24.3. The van der Waals surface area contributed by atoms with Crippen molar-refractivity contribution < 1.29 is 37.5 Å². The Hall–Kier alpha value is -4.49. The van der Waals surface area contributed by atoms with Gasteiger partial charge in [-0.3, -0.25) is 14.9 Å². The molecular formula is C30H33N3O9S. The number of nitro benzene ring substituents is 1. The molecule has 3 aromatic rings. The highest BCUT2D eigenvalue weighted by Crippen LogP contribution is 2.38. The zero-order valence-electron chi connectivity index (χ0n) is 23.5. The maximum Gasteiger partial charge on any atom is 0.404 e. The van der Waals surface area contributed by atoms with E-state index in [0.29, 0.717) is 16.9 Å². The van der Waals surface area contributed by atoms with E-state index < -0.39 is 39.2 Å². The van der Waals surface area contributed by atoms with E-state index in [2.05, 4.69) is 4.72 Å². The first-order chi connectivity index (χ1) is 20.3. The van der Waals surface area contributed by atoms with Gasteiger partial charge in [-0.05, 0) is 71.3 Å². The van der Waals surface area contributed by atoms with Crippen molar-refractivity contribution in [3.63, 3.8) is 0 Å². The Labute approximate surface area is 249 Å². The van der Waals surface area contributed by atoms with Crippen LogP contribution in [0, 0.1) is 10.1 Å². The minimum Gasteiger partial charge on any atom is -0.493 e. The van der Waals surface area contributed by atoms with Crippen LogP contribution in [0.25, 0.3) is 11.1 Å². The number of carbonyl (C=O) groups excluding carboxylic acids is 2. The highest BCUT2D eigenvalue weighted by Gasteiger charge is 2.32. The van der Waals surface area contributed by atoms with Gasteiger partial charge in [0.1, 0.15) is 18.0 Å². The van der Waals surface area contributed by atoms with Crippen LogP contribution in [0.3, 0.4) is 0 Å². The lowest BCUT2D eigenvalue weighted by atomic mass is 9.89. The molecule has 0 unspecified atom stereocenters. The normalized spacial score (nSPS) is 14.9. The van der Waals surface area contributed by atoms with Gasteiger partial charge in [0.15, 0.2) is 0 Å². The number of carbonyl (C=O) groups is 2. The van der Waals surface area contributed by atoms with Crippen molar-refractivity contribution in [3.8, 4) is 16.9 Å². The first kappa shape index (κ1) is 31.4. The molecule has 1 atom stereocenters. The van der Waals surface area contributed by atoms with E-state index in [1.807, 2.05) is 18.2 Å². The molecule has 13 heteroatoms. The molecule has 43 heavy (non-hydrogen) atoms. The van der Waals surface area contributed by atoms with Gasteiger partial charge in [-0.1, -0.05) is 37.1 Å². The summed E-state index contributed by atoms with van der Waals surface area (Å²) in [5.74, 6) is 0.0244. The Morgan fingerprint density at radius 3 is 2.26 bits per heavy atom. The lowest BCUT2D eigenvalue weighted by molar-refractivity contribution is -0.384. The highest BCUT2D eigenvalue weighted by molar-refractivity contribution is 7.89. The van der Waals surface area contributed by atoms with Gasteiger partial charge in [-0.25, -0.2) is 17.9 Å². The number of nitrogens with two attached hydrogens (primary N) is 1. The monoisotopic (exact) mass is 611 g/mol. The number of non-ortho nitro benzene ring substituents is 1. The summed E-state index contributed by atoms with van der Waals surface area (Å²) >= 11 is 0. The largest absolute Gasteiger partial charge is 0.493 e. The van der Waals surface area contributed by atoms with E-state index in [1.165, 1.54) is 24.3 Å². The Balaban J connectivity index is 1.48. The number of nitro groups is 1. The molecule has 0 bridgehead atoms. The fourth-order valence-corrected chi connectivity index (χ4v) is 5.66. The molecule has 2 amide bonds. The van der Waals surface area contributed by atoms with E-state index in [-0.39, 0.29) is 24.6 Å². The molecule has 0 aromatic heterocycles. The van der Waals surface area contributed by atoms with Crippen molar-refractivity contribution in [2.24, 2.45) is 5.73 Å². The lowest BCUT2D eigenvalue weighted by Crippen LogP contribution is -2.35. The minimum atomic E-state index is -3.70.